The van der Waals surface area contributed by atoms with E-state index >= 15 is 0 Å². The Balaban J connectivity index is 1.59. The maximum absolute atomic E-state index is 5.80. The first kappa shape index (κ1) is 12.4. The van der Waals surface area contributed by atoms with Gasteiger partial charge in [0.05, 0.1) is 6.04 Å². The molecule has 19 heavy (non-hydrogen) atoms. The standard InChI is InChI=1S/C13H14ClN3O2/c14-9-3-5-10(6-4-9)18-8-12-16-13(17-19-12)11-2-1-7-15-11/h3-6,11,15H,1-2,7-8H2. The lowest BCUT2D eigenvalue weighted by Crippen LogP contribution is -2.14. The lowest BCUT2D eigenvalue weighted by atomic mass is 10.2. The van der Waals surface area contributed by atoms with Gasteiger partial charge in [-0.25, -0.2) is 0 Å². The maximum atomic E-state index is 5.80. The van der Waals surface area contributed by atoms with Crippen molar-refractivity contribution in [2.24, 2.45) is 0 Å². The first-order valence-electron chi connectivity index (χ1n) is 6.25. The van der Waals surface area contributed by atoms with Crippen LogP contribution in [-0.4, -0.2) is 16.7 Å². The normalized spacial score (nSPS) is 18.7. The fourth-order valence-electron chi connectivity index (χ4n) is 2.05. The molecule has 1 saturated heterocycles. The Morgan fingerprint density at radius 1 is 1.37 bits per heavy atom. The molecule has 1 unspecified atom stereocenters. The van der Waals surface area contributed by atoms with E-state index in [0.29, 0.717) is 16.7 Å². The molecule has 0 amide bonds. The highest BCUT2D eigenvalue weighted by atomic mass is 35.5. The summed E-state index contributed by atoms with van der Waals surface area (Å²) in [5.74, 6) is 1.92. The monoisotopic (exact) mass is 279 g/mol. The van der Waals surface area contributed by atoms with E-state index in [0.717, 1.165) is 25.1 Å². The molecule has 1 aliphatic rings. The Morgan fingerprint density at radius 2 is 2.21 bits per heavy atom. The molecule has 1 atom stereocenters. The van der Waals surface area contributed by atoms with Crippen molar-refractivity contribution in [3.63, 3.8) is 0 Å². The van der Waals surface area contributed by atoms with E-state index in [4.69, 9.17) is 20.9 Å². The van der Waals surface area contributed by atoms with Gasteiger partial charge < -0.3 is 14.6 Å². The summed E-state index contributed by atoms with van der Waals surface area (Å²) in [6.45, 7) is 1.27. The van der Waals surface area contributed by atoms with Crippen LogP contribution in [0.4, 0.5) is 0 Å². The molecule has 1 aliphatic heterocycles. The Bertz CT molecular complexity index is 535. The highest BCUT2D eigenvalue weighted by Gasteiger charge is 2.21. The summed E-state index contributed by atoms with van der Waals surface area (Å²) in [5, 5.41) is 7.98. The summed E-state index contributed by atoms with van der Waals surface area (Å²) in [7, 11) is 0. The third-order valence-corrected chi connectivity index (χ3v) is 3.28. The average Bonchev–Trinajstić information content (AvgIpc) is 3.09. The van der Waals surface area contributed by atoms with Gasteiger partial charge in [-0.3, -0.25) is 0 Å². The van der Waals surface area contributed by atoms with Crippen LogP contribution in [0.5, 0.6) is 5.75 Å². The SMILES string of the molecule is Clc1ccc(OCc2nc(C3CCCN3)no2)cc1. The van der Waals surface area contributed by atoms with Crippen LogP contribution < -0.4 is 10.1 Å². The zero-order chi connectivity index (χ0) is 13.1. The fourth-order valence-corrected chi connectivity index (χ4v) is 2.18. The number of aromatic nitrogens is 2. The summed E-state index contributed by atoms with van der Waals surface area (Å²) in [4.78, 5) is 4.33. The van der Waals surface area contributed by atoms with E-state index in [2.05, 4.69) is 15.5 Å². The summed E-state index contributed by atoms with van der Waals surface area (Å²) in [6.07, 6.45) is 2.20. The number of rotatable bonds is 4. The second-order valence-corrected chi connectivity index (χ2v) is 4.87. The molecule has 5 nitrogen and oxygen atoms in total. The first-order valence-corrected chi connectivity index (χ1v) is 6.63. The number of nitrogens with zero attached hydrogens (tertiary/aromatic N) is 2. The Morgan fingerprint density at radius 3 is 2.95 bits per heavy atom. The van der Waals surface area contributed by atoms with Gasteiger partial charge >= 0.3 is 0 Å². The van der Waals surface area contributed by atoms with E-state index in [9.17, 15) is 0 Å². The minimum absolute atomic E-state index is 0.216. The molecule has 1 N–H and O–H groups in total. The summed E-state index contributed by atoms with van der Waals surface area (Å²) < 4.78 is 10.7. The Labute approximate surface area is 115 Å². The maximum Gasteiger partial charge on any atom is 0.264 e. The molecule has 2 aromatic rings. The zero-order valence-electron chi connectivity index (χ0n) is 10.3. The molecule has 1 aromatic carbocycles. The van der Waals surface area contributed by atoms with Gasteiger partial charge in [0.2, 0.25) is 0 Å². The van der Waals surface area contributed by atoms with E-state index in [1.807, 2.05) is 0 Å². The van der Waals surface area contributed by atoms with Gasteiger partial charge in [-0.1, -0.05) is 16.8 Å². The highest BCUT2D eigenvalue weighted by Crippen LogP contribution is 2.21. The second kappa shape index (κ2) is 5.59. The van der Waals surface area contributed by atoms with Crippen molar-refractivity contribution in [1.29, 1.82) is 0 Å². The Hall–Kier alpha value is -1.59. The van der Waals surface area contributed by atoms with Gasteiger partial charge in [-0.15, -0.1) is 0 Å². The molecule has 0 aliphatic carbocycles. The van der Waals surface area contributed by atoms with Gasteiger partial charge in [0.15, 0.2) is 12.4 Å². The van der Waals surface area contributed by atoms with Gasteiger partial charge in [-0.05, 0) is 43.7 Å². The predicted octanol–water partition coefficient (Wildman–Crippen LogP) is 2.73. The van der Waals surface area contributed by atoms with Crippen LogP contribution >= 0.6 is 11.6 Å². The second-order valence-electron chi connectivity index (χ2n) is 4.44. The topological polar surface area (TPSA) is 60.2 Å². The van der Waals surface area contributed by atoms with Gasteiger partial charge in [0, 0.05) is 5.02 Å². The number of hydrogen-bond donors (Lipinski definition) is 1. The van der Waals surface area contributed by atoms with Crippen LogP contribution in [0.1, 0.15) is 30.6 Å². The Kier molecular flexibility index (Phi) is 3.66. The smallest absolute Gasteiger partial charge is 0.264 e. The quantitative estimate of drug-likeness (QED) is 0.932. The van der Waals surface area contributed by atoms with Crippen LogP contribution in [0.15, 0.2) is 28.8 Å². The third-order valence-electron chi connectivity index (χ3n) is 3.03. The molecule has 2 heterocycles. The van der Waals surface area contributed by atoms with Crippen LogP contribution in [0.3, 0.4) is 0 Å². The van der Waals surface area contributed by atoms with Gasteiger partial charge in [0.25, 0.3) is 5.89 Å². The van der Waals surface area contributed by atoms with Crippen LogP contribution in [0.2, 0.25) is 5.02 Å². The summed E-state index contributed by atoms with van der Waals surface area (Å²) >= 11 is 5.80. The predicted molar refractivity (Wildman–Crippen MR) is 70.1 cm³/mol. The van der Waals surface area contributed by atoms with Crippen molar-refractivity contribution in [2.75, 3.05) is 6.54 Å². The van der Waals surface area contributed by atoms with Gasteiger partial charge in [0.1, 0.15) is 5.75 Å². The summed E-state index contributed by atoms with van der Waals surface area (Å²) in [5.41, 5.74) is 0. The van der Waals surface area contributed by atoms with Crippen molar-refractivity contribution in [2.45, 2.75) is 25.5 Å². The molecular formula is C13H14ClN3O2. The number of benzene rings is 1. The van der Waals surface area contributed by atoms with E-state index < -0.39 is 0 Å². The molecular weight excluding hydrogens is 266 g/mol. The molecule has 0 spiro atoms. The van der Waals surface area contributed by atoms with Crippen LogP contribution in [0.25, 0.3) is 0 Å². The van der Waals surface area contributed by atoms with Gasteiger partial charge in [-0.2, -0.15) is 4.98 Å². The zero-order valence-corrected chi connectivity index (χ0v) is 11.1. The highest BCUT2D eigenvalue weighted by molar-refractivity contribution is 6.30. The minimum atomic E-state index is 0.216. The lowest BCUT2D eigenvalue weighted by Gasteiger charge is -2.03. The molecule has 0 bridgehead atoms. The lowest BCUT2D eigenvalue weighted by molar-refractivity contribution is 0.242. The van der Waals surface area contributed by atoms with Crippen molar-refractivity contribution in [1.82, 2.24) is 15.5 Å². The van der Waals surface area contributed by atoms with Crippen LogP contribution in [0, 0.1) is 0 Å². The van der Waals surface area contributed by atoms with E-state index in [1.165, 1.54) is 0 Å². The summed E-state index contributed by atoms with van der Waals surface area (Å²) in [6, 6.07) is 7.38. The largest absolute Gasteiger partial charge is 0.484 e. The van der Waals surface area contributed by atoms with Crippen LogP contribution in [-0.2, 0) is 6.61 Å². The average molecular weight is 280 g/mol. The molecule has 100 valence electrons. The molecule has 1 aromatic heterocycles. The van der Waals surface area contributed by atoms with Crippen molar-refractivity contribution >= 4 is 11.6 Å². The molecule has 6 heteroatoms. The molecule has 0 saturated carbocycles. The number of ether oxygens (including phenoxy) is 1. The number of nitrogens with one attached hydrogen (secondary N) is 1. The van der Waals surface area contributed by atoms with E-state index in [-0.39, 0.29) is 12.6 Å². The van der Waals surface area contributed by atoms with Crippen molar-refractivity contribution in [3.8, 4) is 5.75 Å². The van der Waals surface area contributed by atoms with Crippen molar-refractivity contribution < 1.29 is 9.26 Å². The minimum Gasteiger partial charge on any atom is -0.484 e. The first-order chi connectivity index (χ1) is 9.31. The number of hydrogen-bond acceptors (Lipinski definition) is 5. The number of halogens is 1. The fraction of sp³-hybridized carbons (Fsp3) is 0.385. The molecule has 0 radical (unpaired) electrons. The van der Waals surface area contributed by atoms with E-state index in [1.54, 1.807) is 24.3 Å². The molecule has 3 rings (SSSR count). The van der Waals surface area contributed by atoms with Crippen molar-refractivity contribution in [3.05, 3.63) is 41.0 Å². The third kappa shape index (κ3) is 3.05. The molecule has 1 fully saturated rings.